The maximum Gasteiger partial charge on any atom is 0.337 e. The molecule has 2 heterocycles. The van der Waals surface area contributed by atoms with E-state index in [1.54, 1.807) is 18.6 Å². The number of carboxylic acids is 1. The van der Waals surface area contributed by atoms with Crippen molar-refractivity contribution in [2.75, 3.05) is 0 Å². The van der Waals surface area contributed by atoms with Crippen molar-refractivity contribution < 1.29 is 9.90 Å². The molecule has 0 aromatic carbocycles. The second-order valence-corrected chi connectivity index (χ2v) is 4.38. The molecule has 17 heavy (non-hydrogen) atoms. The van der Waals surface area contributed by atoms with Gasteiger partial charge in [0.2, 0.25) is 0 Å². The van der Waals surface area contributed by atoms with E-state index in [2.05, 4.69) is 15.0 Å². The molecule has 0 aliphatic heterocycles. The van der Waals surface area contributed by atoms with Gasteiger partial charge in [0.25, 0.3) is 0 Å². The van der Waals surface area contributed by atoms with Crippen LogP contribution in [0.5, 0.6) is 0 Å². The van der Waals surface area contributed by atoms with Crippen molar-refractivity contribution >= 4 is 29.3 Å². The van der Waals surface area contributed by atoms with E-state index in [-0.39, 0.29) is 10.6 Å². The molecule has 2 aromatic heterocycles. The summed E-state index contributed by atoms with van der Waals surface area (Å²) in [6.45, 7) is 0. The van der Waals surface area contributed by atoms with Gasteiger partial charge in [0.05, 0.1) is 16.8 Å². The van der Waals surface area contributed by atoms with Gasteiger partial charge >= 0.3 is 5.97 Å². The average molecular weight is 268 g/mol. The Balaban J connectivity index is 2.26. The van der Waals surface area contributed by atoms with E-state index in [9.17, 15) is 4.79 Å². The quantitative estimate of drug-likeness (QED) is 0.920. The highest BCUT2D eigenvalue weighted by Crippen LogP contribution is 2.30. The zero-order valence-corrected chi connectivity index (χ0v) is 9.94. The molecular weight excluding hydrogens is 262 g/mol. The first-order valence-electron chi connectivity index (χ1n) is 4.49. The number of hydrogen-bond acceptors (Lipinski definition) is 5. The lowest BCUT2D eigenvalue weighted by molar-refractivity contribution is 0.0696. The first kappa shape index (κ1) is 11.8. The monoisotopic (exact) mass is 267 g/mol. The topological polar surface area (TPSA) is 76.0 Å². The van der Waals surface area contributed by atoms with Crippen LogP contribution in [0.1, 0.15) is 10.4 Å². The van der Waals surface area contributed by atoms with Crippen LogP contribution >= 0.6 is 23.4 Å². The van der Waals surface area contributed by atoms with Crippen molar-refractivity contribution in [1.29, 1.82) is 0 Å². The number of aromatic carboxylic acids is 1. The summed E-state index contributed by atoms with van der Waals surface area (Å²) in [5.74, 6) is -1.06. The van der Waals surface area contributed by atoms with Crippen LogP contribution in [0.3, 0.4) is 0 Å². The molecule has 5 nitrogen and oxygen atoms in total. The third-order valence-electron chi connectivity index (χ3n) is 1.80. The molecule has 0 saturated heterocycles. The van der Waals surface area contributed by atoms with Crippen molar-refractivity contribution in [3.63, 3.8) is 0 Å². The lowest BCUT2D eigenvalue weighted by atomic mass is 10.3. The lowest BCUT2D eigenvalue weighted by Crippen LogP contribution is -1.97. The maximum atomic E-state index is 10.7. The van der Waals surface area contributed by atoms with Crippen molar-refractivity contribution in [3.8, 4) is 0 Å². The van der Waals surface area contributed by atoms with E-state index in [0.717, 1.165) is 0 Å². The van der Waals surface area contributed by atoms with Crippen LogP contribution in [0.15, 0.2) is 40.9 Å². The van der Waals surface area contributed by atoms with Crippen LogP contribution in [-0.2, 0) is 0 Å². The molecular formula is C10H6ClN3O2S. The first-order chi connectivity index (χ1) is 8.16. The van der Waals surface area contributed by atoms with Gasteiger partial charge in [-0.3, -0.25) is 4.98 Å². The molecule has 7 heteroatoms. The van der Waals surface area contributed by atoms with Gasteiger partial charge in [0.1, 0.15) is 10.1 Å². The van der Waals surface area contributed by atoms with Gasteiger partial charge in [-0.2, -0.15) is 0 Å². The molecule has 0 fully saturated rings. The number of pyridine rings is 1. The van der Waals surface area contributed by atoms with Crippen molar-refractivity contribution in [2.45, 2.75) is 10.1 Å². The summed E-state index contributed by atoms with van der Waals surface area (Å²) in [5.41, 5.74) is 0.0542. The lowest BCUT2D eigenvalue weighted by Gasteiger charge is -2.02. The Kier molecular flexibility index (Phi) is 3.55. The van der Waals surface area contributed by atoms with Crippen LogP contribution in [0.25, 0.3) is 0 Å². The Morgan fingerprint density at radius 2 is 2.12 bits per heavy atom. The van der Waals surface area contributed by atoms with Crippen molar-refractivity contribution in [3.05, 3.63) is 41.4 Å². The molecule has 0 spiro atoms. The normalized spacial score (nSPS) is 10.2. The predicted molar refractivity (Wildman–Crippen MR) is 62.4 cm³/mol. The minimum atomic E-state index is -1.06. The molecule has 0 aliphatic rings. The summed E-state index contributed by atoms with van der Waals surface area (Å²) in [7, 11) is 0. The van der Waals surface area contributed by atoms with E-state index in [1.165, 1.54) is 24.0 Å². The van der Waals surface area contributed by atoms with Gasteiger partial charge in [-0.15, -0.1) is 0 Å². The number of carboxylic acid groups (broad SMARTS) is 1. The number of halogens is 1. The third kappa shape index (κ3) is 2.92. The SMILES string of the molecule is O=C(O)c1cnc(Sc2cnccn2)c(Cl)c1. The molecule has 0 atom stereocenters. The molecule has 0 bridgehead atoms. The predicted octanol–water partition coefficient (Wildman–Crippen LogP) is 2.37. The average Bonchev–Trinajstić information content (AvgIpc) is 2.33. The number of aromatic nitrogens is 3. The molecule has 1 N–H and O–H groups in total. The Bertz CT molecular complexity index is 551. The fraction of sp³-hybridized carbons (Fsp3) is 0. The molecule has 86 valence electrons. The van der Waals surface area contributed by atoms with E-state index in [1.807, 2.05) is 0 Å². The van der Waals surface area contributed by atoms with Crippen LogP contribution in [-0.4, -0.2) is 26.0 Å². The number of nitrogens with zero attached hydrogens (tertiary/aromatic N) is 3. The van der Waals surface area contributed by atoms with Gasteiger partial charge in [-0.05, 0) is 17.8 Å². The largest absolute Gasteiger partial charge is 0.478 e. The van der Waals surface area contributed by atoms with Gasteiger partial charge in [-0.25, -0.2) is 14.8 Å². The summed E-state index contributed by atoms with van der Waals surface area (Å²) >= 11 is 7.15. The highest BCUT2D eigenvalue weighted by molar-refractivity contribution is 7.99. The second kappa shape index (κ2) is 5.11. The molecule has 0 aliphatic carbocycles. The standard InChI is InChI=1S/C10H6ClN3O2S/c11-7-3-6(10(15)16)4-14-9(7)17-8-5-12-1-2-13-8/h1-5H,(H,15,16). The summed E-state index contributed by atoms with van der Waals surface area (Å²) < 4.78 is 0. The Morgan fingerprint density at radius 3 is 2.71 bits per heavy atom. The van der Waals surface area contributed by atoms with Crippen molar-refractivity contribution in [1.82, 2.24) is 15.0 Å². The highest BCUT2D eigenvalue weighted by Gasteiger charge is 2.10. The van der Waals surface area contributed by atoms with Gasteiger partial charge in [0.15, 0.2) is 0 Å². The van der Waals surface area contributed by atoms with E-state index < -0.39 is 5.97 Å². The zero-order valence-electron chi connectivity index (χ0n) is 8.37. The molecule has 0 unspecified atom stereocenters. The molecule has 0 saturated carbocycles. The summed E-state index contributed by atoms with van der Waals surface area (Å²) in [6.07, 6.45) is 5.95. The van der Waals surface area contributed by atoms with Crippen LogP contribution in [0, 0.1) is 0 Å². The van der Waals surface area contributed by atoms with Crippen LogP contribution in [0.4, 0.5) is 0 Å². The van der Waals surface area contributed by atoms with E-state index in [4.69, 9.17) is 16.7 Å². The molecule has 2 aromatic rings. The Morgan fingerprint density at radius 1 is 1.29 bits per heavy atom. The summed E-state index contributed by atoms with van der Waals surface area (Å²) in [5, 5.41) is 10.2. The minimum Gasteiger partial charge on any atom is -0.478 e. The zero-order chi connectivity index (χ0) is 12.3. The molecule has 2 rings (SSSR count). The van der Waals surface area contributed by atoms with Gasteiger partial charge in [-0.1, -0.05) is 11.6 Å². The molecule has 0 radical (unpaired) electrons. The fourth-order valence-electron chi connectivity index (χ4n) is 1.05. The smallest absolute Gasteiger partial charge is 0.337 e. The van der Waals surface area contributed by atoms with Crippen LogP contribution < -0.4 is 0 Å². The van der Waals surface area contributed by atoms with Gasteiger partial charge in [0, 0.05) is 18.6 Å². The second-order valence-electron chi connectivity index (χ2n) is 2.96. The van der Waals surface area contributed by atoms with E-state index in [0.29, 0.717) is 10.1 Å². The van der Waals surface area contributed by atoms with Crippen LogP contribution in [0.2, 0.25) is 5.02 Å². The fourth-order valence-corrected chi connectivity index (χ4v) is 2.02. The number of carbonyl (C=O) groups is 1. The highest BCUT2D eigenvalue weighted by atomic mass is 35.5. The summed E-state index contributed by atoms with van der Waals surface area (Å²) in [6, 6.07) is 1.36. The van der Waals surface area contributed by atoms with Crippen molar-refractivity contribution in [2.24, 2.45) is 0 Å². The maximum absolute atomic E-state index is 10.7. The molecule has 0 amide bonds. The third-order valence-corrected chi connectivity index (χ3v) is 3.13. The summed E-state index contributed by atoms with van der Waals surface area (Å²) in [4.78, 5) is 22.6. The first-order valence-corrected chi connectivity index (χ1v) is 5.69. The Hall–Kier alpha value is -1.66. The number of rotatable bonds is 3. The van der Waals surface area contributed by atoms with Gasteiger partial charge < -0.3 is 5.11 Å². The minimum absolute atomic E-state index is 0.0542. The van der Waals surface area contributed by atoms with E-state index >= 15 is 0 Å². The number of hydrogen-bond donors (Lipinski definition) is 1. The Labute approximate surface area is 106 Å².